The molecular weight excluding hydrogens is 431 g/mol. The van der Waals surface area contributed by atoms with Crippen molar-refractivity contribution in [2.24, 2.45) is 28.6 Å². The molecule has 0 amide bonds. The minimum Gasteiger partial charge on any atom is -0.450 e. The van der Waals surface area contributed by atoms with E-state index >= 15 is 4.39 Å². The highest BCUT2D eigenvalue weighted by atomic mass is 32.2. The zero-order valence-electron chi connectivity index (χ0n) is 19.4. The average molecular weight is 465 g/mol. The van der Waals surface area contributed by atoms with Crippen molar-refractivity contribution in [1.29, 1.82) is 0 Å². The molecule has 7 heteroatoms. The van der Waals surface area contributed by atoms with Crippen molar-refractivity contribution in [2.45, 2.75) is 70.8 Å². The molecule has 0 aromatic carbocycles. The summed E-state index contributed by atoms with van der Waals surface area (Å²) in [5.41, 5.74) is -4.58. The van der Waals surface area contributed by atoms with Crippen LogP contribution in [0.2, 0.25) is 0 Å². The Morgan fingerprint density at radius 1 is 1.31 bits per heavy atom. The number of alkyl halides is 1. The highest BCUT2D eigenvalue weighted by molar-refractivity contribution is 7.99. The molecule has 4 rings (SSSR count). The van der Waals surface area contributed by atoms with Gasteiger partial charge in [-0.15, -0.1) is 0 Å². The quantitative estimate of drug-likeness (QED) is 0.637. The highest BCUT2D eigenvalue weighted by Gasteiger charge is 2.76. The number of aliphatic hydroxyl groups excluding tert-OH is 1. The van der Waals surface area contributed by atoms with Gasteiger partial charge in [-0.25, -0.2) is 4.39 Å². The van der Waals surface area contributed by atoms with E-state index in [1.54, 1.807) is 19.3 Å². The largest absolute Gasteiger partial charge is 0.450 e. The molecule has 4 aliphatic rings. The smallest absolute Gasteiger partial charge is 0.316 e. The number of allylic oxidation sites excluding steroid dienone is 4. The van der Waals surface area contributed by atoms with Crippen LogP contribution < -0.4 is 0 Å². The highest BCUT2D eigenvalue weighted by Crippen LogP contribution is 2.71. The van der Waals surface area contributed by atoms with Gasteiger partial charge in [-0.1, -0.05) is 25.5 Å². The summed E-state index contributed by atoms with van der Waals surface area (Å²) in [7, 11) is 0. The number of Topliss-reactive ketones (excluding diaryl/α,β-unsaturated/α-hetero) is 1. The molecule has 32 heavy (non-hydrogen) atoms. The Bertz CT molecular complexity index is 929. The van der Waals surface area contributed by atoms with Crippen LogP contribution >= 0.6 is 11.8 Å². The molecule has 0 heterocycles. The second kappa shape index (κ2) is 7.52. The first-order valence-corrected chi connectivity index (χ1v) is 12.8. The third kappa shape index (κ3) is 2.76. The number of carbonyl (C=O) groups excluding carboxylic acids is 3. The molecule has 0 aromatic heterocycles. The number of thioether (sulfide) groups is 1. The number of ketones is 2. The van der Waals surface area contributed by atoms with Crippen molar-refractivity contribution >= 4 is 29.3 Å². The summed E-state index contributed by atoms with van der Waals surface area (Å²) >= 11 is 1.33. The van der Waals surface area contributed by atoms with Crippen LogP contribution in [0.3, 0.4) is 0 Å². The van der Waals surface area contributed by atoms with Crippen LogP contribution in [0, 0.1) is 28.6 Å². The van der Waals surface area contributed by atoms with Gasteiger partial charge in [-0.05, 0) is 63.9 Å². The van der Waals surface area contributed by atoms with Gasteiger partial charge < -0.3 is 9.84 Å². The summed E-state index contributed by atoms with van der Waals surface area (Å²) in [6.45, 7) is 7.01. The van der Waals surface area contributed by atoms with Gasteiger partial charge in [0, 0.05) is 22.7 Å². The van der Waals surface area contributed by atoms with Crippen LogP contribution in [0.5, 0.6) is 0 Å². The molecule has 3 saturated carbocycles. The van der Waals surface area contributed by atoms with E-state index in [2.05, 4.69) is 0 Å². The number of ether oxygens (including phenoxy) is 1. The summed E-state index contributed by atoms with van der Waals surface area (Å²) in [5, 5.41) is 11.4. The molecular formula is C25H33FO5S. The normalized spacial score (nSPS) is 47.2. The first kappa shape index (κ1) is 23.7. The molecule has 8 atom stereocenters. The van der Waals surface area contributed by atoms with Crippen molar-refractivity contribution in [2.75, 3.05) is 12.0 Å². The lowest BCUT2D eigenvalue weighted by Crippen LogP contribution is -2.69. The Morgan fingerprint density at radius 3 is 2.62 bits per heavy atom. The lowest BCUT2D eigenvalue weighted by molar-refractivity contribution is -0.226. The molecule has 0 spiro atoms. The van der Waals surface area contributed by atoms with Crippen LogP contribution in [0.1, 0.15) is 53.4 Å². The maximum absolute atomic E-state index is 17.2. The third-order valence-electron chi connectivity index (χ3n) is 9.24. The fourth-order valence-corrected chi connectivity index (χ4v) is 8.19. The molecule has 0 bridgehead atoms. The topological polar surface area (TPSA) is 80.7 Å². The molecule has 0 unspecified atom stereocenters. The van der Waals surface area contributed by atoms with Gasteiger partial charge in [0.05, 0.1) is 11.9 Å². The molecule has 0 radical (unpaired) electrons. The van der Waals surface area contributed by atoms with Gasteiger partial charge in [0.1, 0.15) is 0 Å². The van der Waals surface area contributed by atoms with Crippen molar-refractivity contribution in [3.8, 4) is 0 Å². The SMILES string of the molecule is CSCC(=O)O[C@]1(C(C)=O)[C@H](C)C[C@H]2[C@@H]3CCC4=CC(=O)C=C[C@]4(C)[C@@]3(F)[C@@H](O)C[C@@]21C. The average Bonchev–Trinajstić information content (AvgIpc) is 2.92. The third-order valence-corrected chi connectivity index (χ3v) is 9.77. The monoisotopic (exact) mass is 464 g/mol. The number of rotatable bonds is 4. The number of hydrogen-bond donors (Lipinski definition) is 1. The Morgan fingerprint density at radius 2 is 2.00 bits per heavy atom. The first-order valence-electron chi connectivity index (χ1n) is 11.4. The molecule has 4 aliphatic carbocycles. The van der Waals surface area contributed by atoms with Gasteiger partial charge >= 0.3 is 5.97 Å². The van der Waals surface area contributed by atoms with E-state index in [0.29, 0.717) is 19.3 Å². The fraction of sp³-hybridized carbons (Fsp3) is 0.720. The van der Waals surface area contributed by atoms with Gasteiger partial charge in [0.2, 0.25) is 0 Å². The number of fused-ring (bicyclic) bond motifs is 5. The second-order valence-electron chi connectivity index (χ2n) is 10.6. The Hall–Kier alpha value is -1.47. The van der Waals surface area contributed by atoms with E-state index in [1.165, 1.54) is 30.8 Å². The minimum absolute atomic E-state index is 0.0196. The Kier molecular flexibility index (Phi) is 5.57. The molecule has 1 N–H and O–H groups in total. The van der Waals surface area contributed by atoms with Crippen molar-refractivity contribution in [3.05, 3.63) is 23.8 Å². The van der Waals surface area contributed by atoms with E-state index < -0.39 is 40.1 Å². The summed E-state index contributed by atoms with van der Waals surface area (Å²) in [4.78, 5) is 37.7. The molecule has 0 aliphatic heterocycles. The van der Waals surface area contributed by atoms with Crippen molar-refractivity contribution in [1.82, 2.24) is 0 Å². The van der Waals surface area contributed by atoms with Crippen LogP contribution in [0.4, 0.5) is 4.39 Å². The Labute approximate surface area is 193 Å². The molecule has 176 valence electrons. The summed E-state index contributed by atoms with van der Waals surface area (Å²) in [5.74, 6) is -1.76. The van der Waals surface area contributed by atoms with E-state index in [4.69, 9.17) is 4.74 Å². The Balaban J connectivity index is 1.82. The molecule has 0 saturated heterocycles. The zero-order valence-corrected chi connectivity index (χ0v) is 20.3. The lowest BCUT2D eigenvalue weighted by atomic mass is 9.44. The molecule has 0 aromatic rings. The summed E-state index contributed by atoms with van der Waals surface area (Å²) in [6.07, 6.45) is 6.58. The maximum atomic E-state index is 17.2. The van der Waals surface area contributed by atoms with E-state index in [9.17, 15) is 19.5 Å². The van der Waals surface area contributed by atoms with E-state index in [-0.39, 0.29) is 35.6 Å². The zero-order chi connectivity index (χ0) is 23.7. The predicted molar refractivity (Wildman–Crippen MR) is 121 cm³/mol. The number of carbonyl (C=O) groups is 3. The predicted octanol–water partition coefficient (Wildman–Crippen LogP) is 3.84. The van der Waals surface area contributed by atoms with Crippen LogP contribution in [-0.2, 0) is 19.1 Å². The van der Waals surface area contributed by atoms with Gasteiger partial charge in [0.15, 0.2) is 22.8 Å². The fourth-order valence-electron chi connectivity index (χ4n) is 7.90. The number of aliphatic hydroxyl groups is 1. The lowest BCUT2D eigenvalue weighted by Gasteiger charge is -2.62. The molecule has 3 fully saturated rings. The van der Waals surface area contributed by atoms with Gasteiger partial charge in [-0.3, -0.25) is 14.4 Å². The van der Waals surface area contributed by atoms with Crippen molar-refractivity contribution < 1.29 is 28.6 Å². The van der Waals surface area contributed by atoms with Gasteiger partial charge in [-0.2, -0.15) is 11.8 Å². The standard InChI is InChI=1S/C25H33FO5S/c1-14-10-19-18-7-6-16-11-17(28)8-9-22(16,3)24(18,26)20(29)12-23(19,4)25(14,15(2)27)31-21(30)13-32-5/h8-9,11,14,18-20,29H,6-7,10,12-13H2,1-5H3/t14-,18+,19+,20+,22+,23+,24+,25+/m1/s1. The van der Waals surface area contributed by atoms with E-state index in [1.807, 2.05) is 13.8 Å². The number of esters is 1. The van der Waals surface area contributed by atoms with E-state index in [0.717, 1.165) is 5.57 Å². The first-order chi connectivity index (χ1) is 14.9. The maximum Gasteiger partial charge on any atom is 0.316 e. The van der Waals surface area contributed by atoms with Crippen LogP contribution in [0.25, 0.3) is 0 Å². The minimum atomic E-state index is -1.96. The number of hydrogen-bond acceptors (Lipinski definition) is 6. The van der Waals surface area contributed by atoms with Crippen LogP contribution in [-0.4, -0.2) is 52.0 Å². The van der Waals surface area contributed by atoms with Gasteiger partial charge in [0.25, 0.3) is 0 Å². The van der Waals surface area contributed by atoms with Crippen LogP contribution in [0.15, 0.2) is 23.8 Å². The molecule has 5 nitrogen and oxygen atoms in total. The van der Waals surface area contributed by atoms with Crippen molar-refractivity contribution in [3.63, 3.8) is 0 Å². The summed E-state index contributed by atoms with van der Waals surface area (Å²) in [6, 6.07) is 0. The summed E-state index contributed by atoms with van der Waals surface area (Å²) < 4.78 is 23.2. The second-order valence-corrected chi connectivity index (χ2v) is 11.5. The number of halogens is 1.